The summed E-state index contributed by atoms with van der Waals surface area (Å²) < 4.78 is 5.15. The molecule has 0 unspecified atom stereocenters. The van der Waals surface area contributed by atoms with E-state index in [2.05, 4.69) is 20.3 Å². The van der Waals surface area contributed by atoms with Crippen LogP contribution in [-0.2, 0) is 6.54 Å². The molecule has 0 aromatic carbocycles. The Balaban J connectivity index is 0.00000180. The van der Waals surface area contributed by atoms with Crippen LogP contribution in [0.1, 0.15) is 17.1 Å². The minimum absolute atomic E-state index is 0. The number of rotatable bonds is 3. The minimum Gasteiger partial charge on any atom is -0.467 e. The Kier molecular flexibility index (Phi) is 5.32. The Morgan fingerprint density at radius 1 is 1.37 bits per heavy atom. The Morgan fingerprint density at radius 2 is 2.05 bits per heavy atom. The quantitative estimate of drug-likeness (QED) is 0.664. The van der Waals surface area contributed by atoms with E-state index in [0.29, 0.717) is 12.5 Å². The third-order valence-corrected chi connectivity index (χ3v) is 2.21. The molecule has 19 heavy (non-hydrogen) atoms. The van der Waals surface area contributed by atoms with E-state index in [0.717, 1.165) is 17.1 Å². The molecule has 7 heteroatoms. The number of halogens is 1. The molecule has 0 radical (unpaired) electrons. The molecule has 6 nitrogen and oxygen atoms in total. The molecular weight excluding hydrogens is 266 g/mol. The molecule has 2 aromatic heterocycles. The standard InChI is InChI=1S/C12H15N5O.ClH/c1-8-6-9(2)16-12(15-8)17-11(13)14-7-10-4-3-5-18-10;/h3-6H,7H2,1-2H3,(H3,13,14,15,16,17);1H. The van der Waals surface area contributed by atoms with Gasteiger partial charge in [0.25, 0.3) is 0 Å². The maximum atomic E-state index is 5.74. The van der Waals surface area contributed by atoms with Crippen LogP contribution in [0.15, 0.2) is 33.9 Å². The van der Waals surface area contributed by atoms with Gasteiger partial charge < -0.3 is 10.2 Å². The molecule has 0 saturated carbocycles. The molecule has 2 aromatic rings. The number of nitrogens with zero attached hydrogens (tertiary/aromatic N) is 3. The number of aliphatic imine (C=N–C) groups is 1. The molecule has 0 atom stereocenters. The SMILES string of the molecule is Cc1cc(C)nc(NC(N)=NCc2ccco2)n1.Cl. The Morgan fingerprint density at radius 3 is 2.63 bits per heavy atom. The summed E-state index contributed by atoms with van der Waals surface area (Å²) in [5.74, 6) is 1.46. The van der Waals surface area contributed by atoms with Gasteiger partial charge in [0, 0.05) is 11.4 Å². The first kappa shape index (κ1) is 15.0. The van der Waals surface area contributed by atoms with Crippen LogP contribution in [0.3, 0.4) is 0 Å². The highest BCUT2D eigenvalue weighted by molar-refractivity contribution is 5.90. The number of guanidine groups is 1. The molecule has 102 valence electrons. The molecule has 0 saturated heterocycles. The number of hydrogen-bond acceptors (Lipinski definition) is 4. The zero-order chi connectivity index (χ0) is 13.0. The van der Waals surface area contributed by atoms with E-state index in [4.69, 9.17) is 10.2 Å². The third-order valence-electron chi connectivity index (χ3n) is 2.21. The second-order valence-electron chi connectivity index (χ2n) is 3.88. The first-order valence-corrected chi connectivity index (χ1v) is 5.55. The van der Waals surface area contributed by atoms with Crippen LogP contribution in [0, 0.1) is 13.8 Å². The van der Waals surface area contributed by atoms with Gasteiger partial charge in [-0.15, -0.1) is 12.4 Å². The van der Waals surface area contributed by atoms with Crippen LogP contribution < -0.4 is 11.1 Å². The lowest BCUT2D eigenvalue weighted by Crippen LogP contribution is -2.24. The van der Waals surface area contributed by atoms with Crippen molar-refractivity contribution in [1.82, 2.24) is 9.97 Å². The van der Waals surface area contributed by atoms with Crippen molar-refractivity contribution in [3.05, 3.63) is 41.6 Å². The highest BCUT2D eigenvalue weighted by atomic mass is 35.5. The normalized spacial score (nSPS) is 10.9. The summed E-state index contributed by atoms with van der Waals surface area (Å²) in [4.78, 5) is 12.6. The van der Waals surface area contributed by atoms with Gasteiger partial charge in [-0.1, -0.05) is 0 Å². The Labute approximate surface area is 117 Å². The van der Waals surface area contributed by atoms with Crippen molar-refractivity contribution in [3.8, 4) is 0 Å². The zero-order valence-electron chi connectivity index (χ0n) is 10.8. The highest BCUT2D eigenvalue weighted by Gasteiger charge is 2.01. The van der Waals surface area contributed by atoms with Gasteiger partial charge in [0.15, 0.2) is 5.96 Å². The molecule has 0 aliphatic carbocycles. The number of aromatic nitrogens is 2. The monoisotopic (exact) mass is 281 g/mol. The molecule has 0 aliphatic heterocycles. The average molecular weight is 282 g/mol. The van der Waals surface area contributed by atoms with Crippen molar-refractivity contribution in [3.63, 3.8) is 0 Å². The maximum Gasteiger partial charge on any atom is 0.229 e. The summed E-state index contributed by atoms with van der Waals surface area (Å²) in [5, 5.41) is 2.85. The summed E-state index contributed by atoms with van der Waals surface area (Å²) in [5.41, 5.74) is 7.50. The fourth-order valence-electron chi connectivity index (χ4n) is 1.50. The topological polar surface area (TPSA) is 89.3 Å². The second kappa shape index (κ2) is 6.75. The van der Waals surface area contributed by atoms with E-state index in [1.165, 1.54) is 0 Å². The third kappa shape index (κ3) is 4.59. The molecule has 0 aliphatic rings. The molecule has 3 N–H and O–H groups in total. The van der Waals surface area contributed by atoms with Crippen LogP contribution in [0.5, 0.6) is 0 Å². The number of anilines is 1. The van der Waals surface area contributed by atoms with Crippen LogP contribution in [-0.4, -0.2) is 15.9 Å². The fourth-order valence-corrected chi connectivity index (χ4v) is 1.50. The molecule has 2 rings (SSSR count). The van der Waals surface area contributed by atoms with E-state index < -0.39 is 0 Å². The molecule has 2 heterocycles. The first-order valence-electron chi connectivity index (χ1n) is 5.55. The fraction of sp³-hybridized carbons (Fsp3) is 0.250. The number of aryl methyl sites for hydroxylation is 2. The van der Waals surface area contributed by atoms with E-state index in [1.807, 2.05) is 32.0 Å². The molecule has 0 bridgehead atoms. The summed E-state index contributed by atoms with van der Waals surface area (Å²) in [7, 11) is 0. The zero-order valence-corrected chi connectivity index (χ0v) is 11.6. The van der Waals surface area contributed by atoms with Gasteiger partial charge in [-0.05, 0) is 32.0 Å². The van der Waals surface area contributed by atoms with E-state index >= 15 is 0 Å². The van der Waals surface area contributed by atoms with Gasteiger partial charge in [-0.2, -0.15) is 0 Å². The largest absolute Gasteiger partial charge is 0.467 e. The first-order chi connectivity index (χ1) is 8.63. The summed E-state index contributed by atoms with van der Waals surface area (Å²) in [6, 6.07) is 5.53. The van der Waals surface area contributed by atoms with Crippen LogP contribution in [0.4, 0.5) is 5.95 Å². The number of nitrogens with two attached hydrogens (primary N) is 1. The predicted octanol–water partition coefficient (Wildman–Crippen LogP) is 2.04. The van der Waals surface area contributed by atoms with E-state index in [9.17, 15) is 0 Å². The van der Waals surface area contributed by atoms with Crippen molar-refractivity contribution in [2.24, 2.45) is 10.7 Å². The smallest absolute Gasteiger partial charge is 0.229 e. The van der Waals surface area contributed by atoms with Gasteiger partial charge in [0.05, 0.1) is 6.26 Å². The molecule has 0 fully saturated rings. The summed E-state index contributed by atoms with van der Waals surface area (Å²) in [6.07, 6.45) is 1.60. The number of nitrogens with one attached hydrogen (secondary N) is 1. The lowest BCUT2D eigenvalue weighted by Gasteiger charge is -2.05. The Hall–Kier alpha value is -2.08. The Bertz CT molecular complexity index is 533. The number of hydrogen-bond donors (Lipinski definition) is 2. The van der Waals surface area contributed by atoms with E-state index in [1.54, 1.807) is 6.26 Å². The lowest BCUT2D eigenvalue weighted by molar-refractivity contribution is 0.512. The van der Waals surface area contributed by atoms with Gasteiger partial charge in [-0.3, -0.25) is 5.32 Å². The molecular formula is C12H16ClN5O. The lowest BCUT2D eigenvalue weighted by atomic mass is 10.4. The van der Waals surface area contributed by atoms with E-state index in [-0.39, 0.29) is 18.4 Å². The molecule has 0 amide bonds. The highest BCUT2D eigenvalue weighted by Crippen LogP contribution is 2.04. The van der Waals surface area contributed by atoms with Gasteiger partial charge in [0.1, 0.15) is 12.3 Å². The summed E-state index contributed by atoms with van der Waals surface area (Å²) in [6.45, 7) is 4.18. The van der Waals surface area contributed by atoms with Crippen LogP contribution in [0.25, 0.3) is 0 Å². The predicted molar refractivity (Wildman–Crippen MR) is 76.4 cm³/mol. The second-order valence-corrected chi connectivity index (χ2v) is 3.88. The van der Waals surface area contributed by atoms with Crippen LogP contribution in [0.2, 0.25) is 0 Å². The minimum atomic E-state index is 0. The van der Waals surface area contributed by atoms with Gasteiger partial charge in [-0.25, -0.2) is 15.0 Å². The van der Waals surface area contributed by atoms with Crippen molar-refractivity contribution in [2.45, 2.75) is 20.4 Å². The summed E-state index contributed by atoms with van der Waals surface area (Å²) >= 11 is 0. The van der Waals surface area contributed by atoms with Crippen molar-refractivity contribution >= 4 is 24.3 Å². The van der Waals surface area contributed by atoms with Gasteiger partial charge >= 0.3 is 0 Å². The van der Waals surface area contributed by atoms with Crippen LogP contribution >= 0.6 is 12.4 Å². The van der Waals surface area contributed by atoms with Gasteiger partial charge in [0.2, 0.25) is 5.95 Å². The van der Waals surface area contributed by atoms with Crippen molar-refractivity contribution in [2.75, 3.05) is 5.32 Å². The molecule has 0 spiro atoms. The van der Waals surface area contributed by atoms with Crippen molar-refractivity contribution < 1.29 is 4.42 Å². The van der Waals surface area contributed by atoms with Crippen molar-refractivity contribution in [1.29, 1.82) is 0 Å². The average Bonchev–Trinajstić information content (AvgIpc) is 2.77. The maximum absolute atomic E-state index is 5.74. The number of furan rings is 1.